The van der Waals surface area contributed by atoms with Crippen LogP contribution in [-0.4, -0.2) is 28.1 Å². The van der Waals surface area contributed by atoms with Crippen LogP contribution in [-0.2, 0) is 16.1 Å². The third-order valence-electron chi connectivity index (χ3n) is 2.48. The summed E-state index contributed by atoms with van der Waals surface area (Å²) in [5, 5.41) is 0. The molecular formula is C13H14N4O3. The highest BCUT2D eigenvalue weighted by molar-refractivity contribution is 5.92. The Bertz CT molecular complexity index is 595. The molecule has 0 bridgehead atoms. The Labute approximate surface area is 115 Å². The Balaban J connectivity index is 1.81. The van der Waals surface area contributed by atoms with Crippen molar-refractivity contribution in [3.63, 3.8) is 0 Å². The fourth-order valence-electron chi connectivity index (χ4n) is 1.57. The van der Waals surface area contributed by atoms with E-state index < -0.39 is 11.8 Å². The van der Waals surface area contributed by atoms with Crippen LogP contribution in [0, 0.1) is 0 Å². The molecule has 1 aromatic heterocycles. The van der Waals surface area contributed by atoms with Crippen molar-refractivity contribution >= 4 is 11.8 Å². The van der Waals surface area contributed by atoms with Crippen LogP contribution in [0.25, 0.3) is 0 Å². The van der Waals surface area contributed by atoms with Crippen molar-refractivity contribution in [1.29, 1.82) is 0 Å². The van der Waals surface area contributed by atoms with E-state index in [1.807, 2.05) is 30.3 Å². The van der Waals surface area contributed by atoms with E-state index in [-0.39, 0.29) is 12.3 Å². The number of carbonyl (C=O) groups is 2. The van der Waals surface area contributed by atoms with Gasteiger partial charge in [-0.2, -0.15) is 0 Å². The minimum Gasteiger partial charge on any atom is -0.367 e. The van der Waals surface area contributed by atoms with Crippen LogP contribution in [0.15, 0.2) is 42.9 Å². The molecule has 2 rings (SSSR count). The first-order chi connectivity index (χ1) is 9.66. The van der Waals surface area contributed by atoms with Gasteiger partial charge in [-0.3, -0.25) is 15.0 Å². The first-order valence-corrected chi connectivity index (χ1v) is 5.90. The third kappa shape index (κ3) is 3.66. The number of carbonyl (C=O) groups excluding carboxylic acids is 2. The molecule has 7 nitrogen and oxygen atoms in total. The van der Waals surface area contributed by atoms with Crippen LogP contribution in [0.1, 0.15) is 16.1 Å². The molecule has 0 saturated heterocycles. The zero-order valence-electron chi connectivity index (χ0n) is 10.7. The van der Waals surface area contributed by atoms with Crippen molar-refractivity contribution in [2.45, 2.75) is 6.61 Å². The Morgan fingerprint density at radius 2 is 2.05 bits per heavy atom. The van der Waals surface area contributed by atoms with Crippen LogP contribution in [0.5, 0.6) is 0 Å². The minimum atomic E-state index is -0.673. The van der Waals surface area contributed by atoms with Crippen LogP contribution >= 0.6 is 0 Å². The van der Waals surface area contributed by atoms with Crippen LogP contribution in [0.4, 0.5) is 0 Å². The van der Waals surface area contributed by atoms with Gasteiger partial charge in [-0.15, -0.1) is 0 Å². The number of imidazole rings is 1. The monoisotopic (exact) mass is 274 g/mol. The minimum absolute atomic E-state index is 0.0985. The van der Waals surface area contributed by atoms with Gasteiger partial charge in [-0.05, 0) is 5.56 Å². The van der Waals surface area contributed by atoms with Gasteiger partial charge in [-0.1, -0.05) is 30.3 Å². The molecule has 1 aromatic carbocycles. The summed E-state index contributed by atoms with van der Waals surface area (Å²) in [5.41, 5.74) is 8.65. The number of nitrogens with two attached hydrogens (primary N) is 1. The fraction of sp³-hybridized carbons (Fsp3) is 0.154. The number of nitrogens with one attached hydrogen (secondary N) is 1. The van der Waals surface area contributed by atoms with Gasteiger partial charge < -0.3 is 10.5 Å². The second kappa shape index (κ2) is 6.48. The SMILES string of the molecule is NC(=O)c1cncn1NC(=O)COCc1ccccc1. The molecule has 0 aliphatic heterocycles. The number of ether oxygens (including phenoxy) is 1. The number of rotatable bonds is 6. The van der Waals surface area contributed by atoms with Crippen molar-refractivity contribution in [2.75, 3.05) is 12.0 Å². The van der Waals surface area contributed by atoms with Gasteiger partial charge in [0, 0.05) is 0 Å². The summed E-state index contributed by atoms with van der Waals surface area (Å²) in [6.07, 6.45) is 2.56. The van der Waals surface area contributed by atoms with Crippen molar-refractivity contribution in [2.24, 2.45) is 5.73 Å². The summed E-state index contributed by atoms with van der Waals surface area (Å²) in [6.45, 7) is 0.201. The van der Waals surface area contributed by atoms with Crippen LogP contribution in [0.2, 0.25) is 0 Å². The summed E-state index contributed by atoms with van der Waals surface area (Å²) in [6, 6.07) is 9.49. The molecule has 0 atom stereocenters. The van der Waals surface area contributed by atoms with E-state index in [9.17, 15) is 9.59 Å². The highest BCUT2D eigenvalue weighted by atomic mass is 16.5. The lowest BCUT2D eigenvalue weighted by Gasteiger charge is -2.08. The smallest absolute Gasteiger partial charge is 0.268 e. The van der Waals surface area contributed by atoms with E-state index >= 15 is 0 Å². The maximum absolute atomic E-state index is 11.6. The molecule has 2 aromatic rings. The predicted octanol–water partition coefficient (Wildman–Crippen LogP) is 0.269. The molecule has 0 saturated carbocycles. The van der Waals surface area contributed by atoms with Crippen LogP contribution < -0.4 is 11.2 Å². The number of hydrogen-bond acceptors (Lipinski definition) is 4. The number of primary amides is 1. The largest absolute Gasteiger partial charge is 0.367 e. The van der Waals surface area contributed by atoms with Gasteiger partial charge in [0.15, 0.2) is 0 Å². The first-order valence-electron chi connectivity index (χ1n) is 5.90. The summed E-state index contributed by atoms with van der Waals surface area (Å²) >= 11 is 0. The number of nitrogens with zero attached hydrogens (tertiary/aromatic N) is 2. The molecular weight excluding hydrogens is 260 g/mol. The highest BCUT2D eigenvalue weighted by Gasteiger charge is 2.10. The van der Waals surface area contributed by atoms with E-state index in [0.717, 1.165) is 10.2 Å². The summed E-state index contributed by atoms with van der Waals surface area (Å²) in [7, 11) is 0. The van der Waals surface area contributed by atoms with E-state index in [4.69, 9.17) is 10.5 Å². The molecule has 0 radical (unpaired) electrons. The Morgan fingerprint density at radius 3 is 2.75 bits per heavy atom. The molecule has 104 valence electrons. The lowest BCUT2D eigenvalue weighted by atomic mass is 10.2. The fourth-order valence-corrected chi connectivity index (χ4v) is 1.57. The first kappa shape index (κ1) is 13.8. The van der Waals surface area contributed by atoms with Gasteiger partial charge in [0.05, 0.1) is 12.8 Å². The van der Waals surface area contributed by atoms with Crippen molar-refractivity contribution < 1.29 is 14.3 Å². The van der Waals surface area contributed by atoms with Crippen molar-refractivity contribution in [3.05, 3.63) is 54.1 Å². The molecule has 1 heterocycles. The van der Waals surface area contributed by atoms with E-state index in [1.165, 1.54) is 12.5 Å². The van der Waals surface area contributed by atoms with Crippen molar-refractivity contribution in [3.8, 4) is 0 Å². The summed E-state index contributed by atoms with van der Waals surface area (Å²) < 4.78 is 6.43. The number of amides is 2. The normalized spacial score (nSPS) is 10.2. The lowest BCUT2D eigenvalue weighted by molar-refractivity contribution is -0.121. The molecule has 0 unspecified atom stereocenters. The molecule has 0 fully saturated rings. The topological polar surface area (TPSA) is 99.2 Å². The zero-order valence-corrected chi connectivity index (χ0v) is 10.7. The van der Waals surface area contributed by atoms with E-state index in [1.54, 1.807) is 0 Å². The second-order valence-corrected chi connectivity index (χ2v) is 4.03. The van der Waals surface area contributed by atoms with E-state index in [2.05, 4.69) is 10.4 Å². The summed E-state index contributed by atoms with van der Waals surface area (Å²) in [5.74, 6) is -1.07. The number of hydrogen-bond donors (Lipinski definition) is 2. The van der Waals surface area contributed by atoms with Gasteiger partial charge in [-0.25, -0.2) is 9.66 Å². The Kier molecular flexibility index (Phi) is 4.46. The highest BCUT2D eigenvalue weighted by Crippen LogP contribution is 2.00. The molecule has 0 aliphatic rings. The quantitative estimate of drug-likeness (QED) is 0.789. The summed E-state index contributed by atoms with van der Waals surface area (Å²) in [4.78, 5) is 26.4. The van der Waals surface area contributed by atoms with Gasteiger partial charge >= 0.3 is 0 Å². The standard InChI is InChI=1S/C13H14N4O3/c14-13(19)11-6-15-9-17(11)16-12(18)8-20-7-10-4-2-1-3-5-10/h1-6,9H,7-8H2,(H2,14,19)(H,16,18). The molecule has 2 amide bonds. The number of aromatic nitrogens is 2. The van der Waals surface area contributed by atoms with Gasteiger partial charge in [0.2, 0.25) is 0 Å². The third-order valence-corrected chi connectivity index (χ3v) is 2.48. The molecule has 0 aliphatic carbocycles. The molecule has 20 heavy (non-hydrogen) atoms. The zero-order chi connectivity index (χ0) is 14.4. The van der Waals surface area contributed by atoms with Crippen molar-refractivity contribution in [1.82, 2.24) is 9.66 Å². The van der Waals surface area contributed by atoms with E-state index in [0.29, 0.717) is 6.61 Å². The number of benzene rings is 1. The maximum Gasteiger partial charge on any atom is 0.268 e. The second-order valence-electron chi connectivity index (χ2n) is 4.03. The van der Waals surface area contributed by atoms with Gasteiger partial charge in [0.25, 0.3) is 11.8 Å². The Morgan fingerprint density at radius 1 is 1.30 bits per heavy atom. The average molecular weight is 274 g/mol. The molecule has 0 spiro atoms. The predicted molar refractivity (Wildman–Crippen MR) is 71.2 cm³/mol. The van der Waals surface area contributed by atoms with Gasteiger partial charge in [0.1, 0.15) is 18.6 Å². The average Bonchev–Trinajstić information content (AvgIpc) is 2.88. The molecule has 7 heteroatoms. The molecule has 3 N–H and O–H groups in total. The lowest BCUT2D eigenvalue weighted by Crippen LogP contribution is -2.30. The maximum atomic E-state index is 11.6. The Hall–Kier alpha value is -2.67. The van der Waals surface area contributed by atoms with Crippen LogP contribution in [0.3, 0.4) is 0 Å².